The minimum Gasteiger partial charge on any atom is -0.311 e. The molecule has 0 bridgehead atoms. The predicted octanol–water partition coefficient (Wildman–Crippen LogP) is 2.10. The first-order chi connectivity index (χ1) is 7.83. The molecule has 1 aliphatic carbocycles. The molecule has 1 N–H and O–H groups in total. The van der Waals surface area contributed by atoms with E-state index in [1.165, 1.54) is 58.2 Å². The highest BCUT2D eigenvalue weighted by Gasteiger charge is 2.40. The first kappa shape index (κ1) is 11.4. The average molecular weight is 240 g/mol. The summed E-state index contributed by atoms with van der Waals surface area (Å²) in [7, 11) is 0. The van der Waals surface area contributed by atoms with Gasteiger partial charge in [-0.25, -0.2) is 0 Å². The van der Waals surface area contributed by atoms with Crippen molar-refractivity contribution in [3.8, 4) is 0 Å². The molecule has 3 aliphatic rings. The van der Waals surface area contributed by atoms with Gasteiger partial charge in [-0.05, 0) is 44.9 Å². The number of hydrogen-bond donors (Lipinski definition) is 1. The van der Waals surface area contributed by atoms with E-state index in [0.717, 1.165) is 12.1 Å². The molecule has 16 heavy (non-hydrogen) atoms. The Balaban J connectivity index is 1.51. The third-order valence-electron chi connectivity index (χ3n) is 4.99. The third-order valence-corrected chi connectivity index (χ3v) is 6.41. The van der Waals surface area contributed by atoms with Gasteiger partial charge in [-0.1, -0.05) is 6.42 Å². The van der Waals surface area contributed by atoms with Crippen molar-refractivity contribution in [3.05, 3.63) is 0 Å². The molecule has 2 nitrogen and oxygen atoms in total. The molecule has 0 radical (unpaired) electrons. The van der Waals surface area contributed by atoms with Crippen LogP contribution in [0.3, 0.4) is 0 Å². The Morgan fingerprint density at radius 2 is 2.12 bits per heavy atom. The van der Waals surface area contributed by atoms with E-state index in [0.29, 0.717) is 4.75 Å². The van der Waals surface area contributed by atoms with Crippen molar-refractivity contribution in [2.24, 2.45) is 0 Å². The van der Waals surface area contributed by atoms with E-state index in [2.05, 4.69) is 28.2 Å². The Hall–Kier alpha value is 0.270. The zero-order valence-electron chi connectivity index (χ0n) is 10.4. The predicted molar refractivity (Wildman–Crippen MR) is 71.1 cm³/mol. The maximum atomic E-state index is 3.88. The second-order valence-corrected chi connectivity index (χ2v) is 7.04. The van der Waals surface area contributed by atoms with Crippen molar-refractivity contribution in [1.29, 1.82) is 0 Å². The Labute approximate surface area is 104 Å². The molecule has 2 unspecified atom stereocenters. The SMILES string of the molecule is CSC1(CNC2CCN3CCCC23)CCC1. The summed E-state index contributed by atoms with van der Waals surface area (Å²) in [6.07, 6.45) is 10.8. The topological polar surface area (TPSA) is 15.3 Å². The van der Waals surface area contributed by atoms with Crippen LogP contribution in [0, 0.1) is 0 Å². The van der Waals surface area contributed by atoms with E-state index in [-0.39, 0.29) is 0 Å². The summed E-state index contributed by atoms with van der Waals surface area (Å²) >= 11 is 2.09. The highest BCUT2D eigenvalue weighted by Crippen LogP contribution is 2.42. The van der Waals surface area contributed by atoms with Gasteiger partial charge < -0.3 is 5.32 Å². The molecule has 92 valence electrons. The fourth-order valence-electron chi connectivity index (χ4n) is 3.66. The molecule has 3 heteroatoms. The Kier molecular flexibility index (Phi) is 3.20. The molecule has 3 fully saturated rings. The Morgan fingerprint density at radius 3 is 2.81 bits per heavy atom. The van der Waals surface area contributed by atoms with Crippen LogP contribution in [0.1, 0.15) is 38.5 Å². The van der Waals surface area contributed by atoms with Gasteiger partial charge in [-0.3, -0.25) is 4.90 Å². The maximum absolute atomic E-state index is 3.88. The second-order valence-electron chi connectivity index (χ2n) is 5.76. The van der Waals surface area contributed by atoms with Gasteiger partial charge in [0.15, 0.2) is 0 Å². The molecule has 0 spiro atoms. The Bertz CT molecular complexity index is 247. The van der Waals surface area contributed by atoms with Gasteiger partial charge in [0.1, 0.15) is 0 Å². The van der Waals surface area contributed by atoms with Crippen LogP contribution in [-0.2, 0) is 0 Å². The fourth-order valence-corrected chi connectivity index (χ4v) is 4.59. The Morgan fingerprint density at radius 1 is 1.25 bits per heavy atom. The minimum absolute atomic E-state index is 0.603. The summed E-state index contributed by atoms with van der Waals surface area (Å²) in [5.74, 6) is 0. The van der Waals surface area contributed by atoms with Crippen LogP contribution in [-0.4, -0.2) is 47.6 Å². The summed E-state index contributed by atoms with van der Waals surface area (Å²) in [6.45, 7) is 3.95. The van der Waals surface area contributed by atoms with Crippen LogP contribution >= 0.6 is 11.8 Å². The van der Waals surface area contributed by atoms with E-state index < -0.39 is 0 Å². The van der Waals surface area contributed by atoms with Gasteiger partial charge in [0.25, 0.3) is 0 Å². The molecule has 2 saturated heterocycles. The second kappa shape index (κ2) is 4.51. The molecule has 2 heterocycles. The molecule has 1 saturated carbocycles. The van der Waals surface area contributed by atoms with Crippen molar-refractivity contribution in [2.75, 3.05) is 25.9 Å². The van der Waals surface area contributed by atoms with Crippen LogP contribution in [0.5, 0.6) is 0 Å². The first-order valence-corrected chi connectivity index (χ1v) is 8.08. The third kappa shape index (κ3) is 1.91. The summed E-state index contributed by atoms with van der Waals surface area (Å²) in [5, 5.41) is 3.88. The lowest BCUT2D eigenvalue weighted by molar-refractivity contribution is 0.279. The van der Waals surface area contributed by atoms with Crippen molar-refractivity contribution in [1.82, 2.24) is 10.2 Å². The molecule has 0 aromatic heterocycles. The molecule has 0 aromatic carbocycles. The average Bonchev–Trinajstić information content (AvgIpc) is 2.80. The highest BCUT2D eigenvalue weighted by molar-refractivity contribution is 8.00. The number of nitrogens with zero attached hydrogens (tertiary/aromatic N) is 1. The largest absolute Gasteiger partial charge is 0.311 e. The van der Waals surface area contributed by atoms with Crippen LogP contribution in [0.4, 0.5) is 0 Å². The van der Waals surface area contributed by atoms with Crippen molar-refractivity contribution >= 4 is 11.8 Å². The normalized spacial score (nSPS) is 37.3. The summed E-state index contributed by atoms with van der Waals surface area (Å²) in [6, 6.07) is 1.67. The van der Waals surface area contributed by atoms with E-state index >= 15 is 0 Å². The summed E-state index contributed by atoms with van der Waals surface area (Å²) in [4.78, 5) is 2.70. The van der Waals surface area contributed by atoms with Crippen LogP contribution in [0.2, 0.25) is 0 Å². The van der Waals surface area contributed by atoms with Gasteiger partial charge in [0, 0.05) is 29.9 Å². The maximum Gasteiger partial charge on any atom is 0.0281 e. The van der Waals surface area contributed by atoms with E-state index in [9.17, 15) is 0 Å². The molecule has 2 aliphatic heterocycles. The van der Waals surface area contributed by atoms with Gasteiger partial charge in [-0.2, -0.15) is 11.8 Å². The molecule has 0 amide bonds. The number of hydrogen-bond acceptors (Lipinski definition) is 3. The number of rotatable bonds is 4. The van der Waals surface area contributed by atoms with Crippen molar-refractivity contribution < 1.29 is 0 Å². The van der Waals surface area contributed by atoms with Crippen LogP contribution in [0.15, 0.2) is 0 Å². The lowest BCUT2D eigenvalue weighted by Crippen LogP contribution is -2.49. The van der Waals surface area contributed by atoms with Crippen LogP contribution < -0.4 is 5.32 Å². The number of nitrogens with one attached hydrogen (secondary N) is 1. The van der Waals surface area contributed by atoms with Crippen LogP contribution in [0.25, 0.3) is 0 Å². The van der Waals surface area contributed by atoms with Gasteiger partial charge >= 0.3 is 0 Å². The fraction of sp³-hybridized carbons (Fsp3) is 1.00. The van der Waals surface area contributed by atoms with E-state index in [1.54, 1.807) is 0 Å². The molecule has 0 aromatic rings. The minimum atomic E-state index is 0.603. The van der Waals surface area contributed by atoms with Gasteiger partial charge in [0.2, 0.25) is 0 Å². The van der Waals surface area contributed by atoms with Gasteiger partial charge in [-0.15, -0.1) is 0 Å². The van der Waals surface area contributed by atoms with Crippen molar-refractivity contribution in [3.63, 3.8) is 0 Å². The standard InChI is InChI=1S/C13H24N2S/c1-16-13(6-3-7-13)10-14-11-5-9-15-8-2-4-12(11)15/h11-12,14H,2-10H2,1H3. The first-order valence-electron chi connectivity index (χ1n) is 6.86. The zero-order valence-corrected chi connectivity index (χ0v) is 11.2. The number of fused-ring (bicyclic) bond motifs is 1. The van der Waals surface area contributed by atoms with E-state index in [1.807, 2.05) is 0 Å². The smallest absolute Gasteiger partial charge is 0.0281 e. The molecular weight excluding hydrogens is 216 g/mol. The molecule has 3 rings (SSSR count). The lowest BCUT2D eigenvalue weighted by atomic mass is 9.84. The monoisotopic (exact) mass is 240 g/mol. The summed E-state index contributed by atoms with van der Waals surface area (Å²) < 4.78 is 0.603. The van der Waals surface area contributed by atoms with Crippen molar-refractivity contribution in [2.45, 2.75) is 55.4 Å². The molecular formula is C13H24N2S. The quantitative estimate of drug-likeness (QED) is 0.810. The van der Waals surface area contributed by atoms with E-state index in [4.69, 9.17) is 0 Å². The van der Waals surface area contributed by atoms with Gasteiger partial charge in [0.05, 0.1) is 0 Å². The number of thioether (sulfide) groups is 1. The lowest BCUT2D eigenvalue weighted by Gasteiger charge is -2.41. The highest BCUT2D eigenvalue weighted by atomic mass is 32.2. The molecule has 2 atom stereocenters. The zero-order chi connectivity index (χ0) is 11.0. The summed E-state index contributed by atoms with van der Waals surface area (Å²) in [5.41, 5.74) is 0.